The highest BCUT2D eigenvalue weighted by Gasteiger charge is 2.32. The average molecular weight is 543 g/mol. The molecule has 1 aliphatic rings. The van der Waals surface area contributed by atoms with Crippen molar-refractivity contribution in [2.45, 2.75) is 50.8 Å². The molecule has 1 heterocycles. The summed E-state index contributed by atoms with van der Waals surface area (Å²) < 4.78 is 19.1. The molecule has 3 rings (SSSR count). The maximum Gasteiger partial charge on any atom is 0.255 e. The molecule has 3 atom stereocenters. The average Bonchev–Trinajstić information content (AvgIpc) is 2.89. The highest BCUT2D eigenvalue weighted by Crippen LogP contribution is 2.23. The van der Waals surface area contributed by atoms with Crippen molar-refractivity contribution in [1.82, 2.24) is 20.9 Å². The topological polar surface area (TPSA) is 137 Å². The van der Waals surface area contributed by atoms with Crippen molar-refractivity contribution in [3.05, 3.63) is 65.5 Å². The van der Waals surface area contributed by atoms with Gasteiger partial charge in [-0.15, -0.1) is 0 Å². The third-order valence-electron chi connectivity index (χ3n) is 6.60. The van der Waals surface area contributed by atoms with Crippen molar-refractivity contribution in [3.8, 4) is 5.75 Å². The lowest BCUT2D eigenvalue weighted by Crippen LogP contribution is -2.56. The number of para-hydroxylation sites is 1. The molecule has 0 saturated heterocycles. The lowest BCUT2D eigenvalue weighted by Gasteiger charge is -2.29. The molecule has 10 nitrogen and oxygen atoms in total. The van der Waals surface area contributed by atoms with Crippen molar-refractivity contribution < 1.29 is 33.4 Å². The maximum atomic E-state index is 13.4. The van der Waals surface area contributed by atoms with Crippen LogP contribution in [0.15, 0.2) is 48.5 Å². The zero-order valence-corrected chi connectivity index (χ0v) is 22.5. The van der Waals surface area contributed by atoms with Crippen LogP contribution >= 0.6 is 0 Å². The fourth-order valence-corrected chi connectivity index (χ4v) is 4.11. The first-order chi connectivity index (χ1) is 18.4. The molecule has 4 N–H and O–H groups in total. The van der Waals surface area contributed by atoms with Crippen LogP contribution in [0.5, 0.6) is 5.75 Å². The summed E-state index contributed by atoms with van der Waals surface area (Å²) in [6.07, 6.45) is -1.70. The second-order valence-corrected chi connectivity index (χ2v) is 10.2. The Bertz CT molecular complexity index is 1200. The number of fused-ring (bicyclic) bond motifs is 1. The normalized spacial score (nSPS) is 20.1. The van der Waals surface area contributed by atoms with E-state index in [2.05, 4.69) is 16.0 Å². The molecule has 0 aliphatic carbocycles. The van der Waals surface area contributed by atoms with E-state index in [0.29, 0.717) is 0 Å². The first kappa shape index (κ1) is 29.6. The summed E-state index contributed by atoms with van der Waals surface area (Å²) in [5.41, 5.74) is 0.354. The summed E-state index contributed by atoms with van der Waals surface area (Å²) in [6.45, 7) is 5.42. The first-order valence-electron chi connectivity index (χ1n) is 12.7. The quantitative estimate of drug-likeness (QED) is 0.447. The van der Waals surface area contributed by atoms with Gasteiger partial charge in [0.15, 0.2) is 0 Å². The molecule has 1 aliphatic heterocycles. The molecule has 2 aromatic rings. The van der Waals surface area contributed by atoms with Crippen LogP contribution in [0.1, 0.15) is 43.1 Å². The van der Waals surface area contributed by atoms with Gasteiger partial charge in [-0.25, -0.2) is 4.39 Å². The number of nitrogens with zero attached hydrogens (tertiary/aromatic N) is 1. The predicted molar refractivity (Wildman–Crippen MR) is 141 cm³/mol. The van der Waals surface area contributed by atoms with Gasteiger partial charge >= 0.3 is 0 Å². The number of benzene rings is 2. The number of amides is 4. The number of hydrogen-bond acceptors (Lipinski definition) is 6. The number of aliphatic hydroxyl groups excluding tert-OH is 1. The Morgan fingerprint density at radius 1 is 1.15 bits per heavy atom. The second kappa shape index (κ2) is 12.7. The molecular weight excluding hydrogens is 507 g/mol. The van der Waals surface area contributed by atoms with E-state index in [4.69, 9.17) is 4.74 Å². The van der Waals surface area contributed by atoms with Crippen LogP contribution in [-0.2, 0) is 19.8 Å². The predicted octanol–water partition coefficient (Wildman–Crippen LogP) is 1.12. The van der Waals surface area contributed by atoms with Gasteiger partial charge in [0, 0.05) is 19.0 Å². The summed E-state index contributed by atoms with van der Waals surface area (Å²) in [7, 11) is 1.51. The minimum atomic E-state index is -1.31. The Morgan fingerprint density at radius 2 is 1.82 bits per heavy atom. The minimum absolute atomic E-state index is 0.0510. The van der Waals surface area contributed by atoms with Crippen molar-refractivity contribution in [2.75, 3.05) is 26.7 Å². The number of carbonyl (C=O) groups excluding carboxylic acids is 4. The van der Waals surface area contributed by atoms with Crippen LogP contribution in [0.2, 0.25) is 0 Å². The summed E-state index contributed by atoms with van der Waals surface area (Å²) in [4.78, 5) is 53.7. The smallest absolute Gasteiger partial charge is 0.255 e. The van der Waals surface area contributed by atoms with Gasteiger partial charge in [-0.05, 0) is 36.8 Å². The van der Waals surface area contributed by atoms with E-state index in [1.807, 2.05) is 13.8 Å². The third-order valence-corrected chi connectivity index (χ3v) is 6.60. The van der Waals surface area contributed by atoms with Gasteiger partial charge in [-0.1, -0.05) is 38.1 Å². The highest BCUT2D eigenvalue weighted by molar-refractivity contribution is 6.01. The van der Waals surface area contributed by atoms with Gasteiger partial charge in [0.05, 0.1) is 24.6 Å². The number of likely N-dealkylation sites (N-methyl/N-ethyl adjacent to an activating group) is 1. The molecule has 2 aromatic carbocycles. The van der Waals surface area contributed by atoms with Crippen LogP contribution in [-0.4, -0.2) is 78.6 Å². The first-order valence-corrected chi connectivity index (χ1v) is 12.7. The molecular formula is C28H35FN4O6. The molecule has 0 bridgehead atoms. The van der Waals surface area contributed by atoms with Gasteiger partial charge in [-0.2, -0.15) is 0 Å². The standard InChI is InChI=1S/C28H35FN4O6/c1-17(34)24-27(38)33(4)13-14-39-22-8-6-5-7-20(22)25(36)31-21(15-23(35)32-24)26(37)30-16-28(2,3)18-9-11-19(29)12-10-18/h5-12,17,21,24,34H,13-16H2,1-4H3,(H,30,37)(H,31,36)(H,32,35)/t17-,21+,24+/m1/s1. The van der Waals surface area contributed by atoms with Crippen molar-refractivity contribution >= 4 is 23.6 Å². The molecule has 210 valence electrons. The van der Waals surface area contributed by atoms with E-state index >= 15 is 0 Å². The van der Waals surface area contributed by atoms with Gasteiger partial charge in [0.2, 0.25) is 17.7 Å². The number of hydrogen-bond donors (Lipinski definition) is 4. The van der Waals surface area contributed by atoms with Crippen LogP contribution < -0.4 is 20.7 Å². The molecule has 0 radical (unpaired) electrons. The van der Waals surface area contributed by atoms with Gasteiger partial charge in [-0.3, -0.25) is 19.2 Å². The fourth-order valence-electron chi connectivity index (χ4n) is 4.11. The Kier molecular flexibility index (Phi) is 9.63. The molecule has 0 spiro atoms. The molecule has 39 heavy (non-hydrogen) atoms. The van der Waals surface area contributed by atoms with Crippen LogP contribution in [0.25, 0.3) is 0 Å². The number of ether oxygens (including phenoxy) is 1. The molecule has 4 amide bonds. The lowest BCUT2D eigenvalue weighted by molar-refractivity contribution is -0.139. The summed E-state index contributed by atoms with van der Waals surface area (Å²) in [5, 5.41) is 18.0. The summed E-state index contributed by atoms with van der Waals surface area (Å²) in [5.74, 6) is -2.61. The Hall–Kier alpha value is -3.99. The van der Waals surface area contributed by atoms with Crippen LogP contribution in [0, 0.1) is 5.82 Å². The van der Waals surface area contributed by atoms with Crippen LogP contribution in [0.4, 0.5) is 4.39 Å². The van der Waals surface area contributed by atoms with Crippen molar-refractivity contribution in [1.29, 1.82) is 0 Å². The van der Waals surface area contributed by atoms with Gasteiger partial charge in [0.25, 0.3) is 5.91 Å². The molecule has 0 fully saturated rings. The molecule has 0 unspecified atom stereocenters. The van der Waals surface area contributed by atoms with Gasteiger partial charge < -0.3 is 30.7 Å². The molecule has 0 aromatic heterocycles. The van der Waals surface area contributed by atoms with Crippen molar-refractivity contribution in [2.24, 2.45) is 0 Å². The van der Waals surface area contributed by atoms with E-state index < -0.39 is 53.7 Å². The van der Waals surface area contributed by atoms with E-state index in [1.165, 1.54) is 37.1 Å². The third kappa shape index (κ3) is 7.76. The van der Waals surface area contributed by atoms with E-state index in [9.17, 15) is 28.7 Å². The SMILES string of the molecule is C[C@@H](O)[C@@H]1NC(=O)C[C@@H](C(=O)NCC(C)(C)c2ccc(F)cc2)NC(=O)c2ccccc2OCCN(C)C1=O. The number of rotatable bonds is 5. The maximum absolute atomic E-state index is 13.4. The highest BCUT2D eigenvalue weighted by atomic mass is 19.1. The molecule has 0 saturated carbocycles. The van der Waals surface area contributed by atoms with Crippen molar-refractivity contribution in [3.63, 3.8) is 0 Å². The molecule has 11 heteroatoms. The number of nitrogens with one attached hydrogen (secondary N) is 3. The number of halogens is 1. The fraction of sp³-hybridized carbons (Fsp3) is 0.429. The number of carbonyl (C=O) groups is 4. The second-order valence-electron chi connectivity index (χ2n) is 10.2. The van der Waals surface area contributed by atoms with Crippen LogP contribution in [0.3, 0.4) is 0 Å². The minimum Gasteiger partial charge on any atom is -0.491 e. The van der Waals surface area contributed by atoms with E-state index in [1.54, 1.807) is 30.3 Å². The van der Waals surface area contributed by atoms with E-state index in [0.717, 1.165) is 5.56 Å². The van der Waals surface area contributed by atoms with E-state index in [-0.39, 0.29) is 36.8 Å². The Labute approximate surface area is 226 Å². The zero-order valence-electron chi connectivity index (χ0n) is 22.5. The summed E-state index contributed by atoms with van der Waals surface area (Å²) >= 11 is 0. The Morgan fingerprint density at radius 3 is 2.49 bits per heavy atom. The lowest BCUT2D eigenvalue weighted by atomic mass is 9.84. The largest absolute Gasteiger partial charge is 0.491 e. The Balaban J connectivity index is 1.86. The zero-order chi connectivity index (χ0) is 28.7. The summed E-state index contributed by atoms with van der Waals surface area (Å²) in [6, 6.07) is 9.79. The monoisotopic (exact) mass is 542 g/mol. The van der Waals surface area contributed by atoms with Gasteiger partial charge in [0.1, 0.15) is 30.3 Å². The number of aliphatic hydroxyl groups is 1.